The Morgan fingerprint density at radius 2 is 1.72 bits per heavy atom. The van der Waals surface area contributed by atoms with Gasteiger partial charge in [-0.15, -0.1) is 0 Å². The Morgan fingerprint density at radius 3 is 2.44 bits per heavy atom. The zero-order valence-electron chi connectivity index (χ0n) is 11.3. The van der Waals surface area contributed by atoms with Gasteiger partial charge in [0.25, 0.3) is 0 Å². The summed E-state index contributed by atoms with van der Waals surface area (Å²) in [6.07, 6.45) is 12.1. The highest BCUT2D eigenvalue weighted by atomic mass is 79.9. The summed E-state index contributed by atoms with van der Waals surface area (Å²) in [5.41, 5.74) is 0. The number of allylic oxidation sites excluding steroid dienone is 1. The van der Waals surface area contributed by atoms with E-state index in [1.54, 1.807) is 0 Å². The molecule has 0 heterocycles. The van der Waals surface area contributed by atoms with E-state index in [0.29, 0.717) is 13.2 Å². The van der Waals surface area contributed by atoms with Gasteiger partial charge in [0, 0.05) is 5.33 Å². The summed E-state index contributed by atoms with van der Waals surface area (Å²) in [4.78, 5) is 9.41. The average molecular weight is 341 g/mol. The lowest BCUT2D eigenvalue weighted by Gasteiger charge is -2.09. The third-order valence-corrected chi connectivity index (χ3v) is 3.72. The van der Waals surface area contributed by atoms with Crippen LogP contribution in [0.15, 0.2) is 12.2 Å². The predicted molar refractivity (Wildman–Crippen MR) is 82.0 cm³/mol. The maximum Gasteiger partial charge on any atom is 0.329 e. The molecule has 0 rings (SSSR count). The molecule has 108 valence electrons. The van der Waals surface area contributed by atoms with Crippen LogP contribution in [-0.2, 0) is 9.05 Å². The fourth-order valence-electron chi connectivity index (χ4n) is 1.32. The largest absolute Gasteiger partial charge is 0.329 e. The minimum absolute atomic E-state index is 0.533. The van der Waals surface area contributed by atoms with Crippen molar-refractivity contribution >= 4 is 24.5 Å². The second kappa shape index (κ2) is 15.6. The van der Waals surface area contributed by atoms with Crippen LogP contribution in [0.4, 0.5) is 0 Å². The van der Waals surface area contributed by atoms with Crippen LogP contribution in [0, 0.1) is 0 Å². The summed E-state index contributed by atoms with van der Waals surface area (Å²) in [6, 6.07) is 0. The van der Waals surface area contributed by atoms with E-state index in [4.69, 9.17) is 9.05 Å². The molecule has 0 bridgehead atoms. The van der Waals surface area contributed by atoms with Gasteiger partial charge in [-0.2, -0.15) is 0 Å². The van der Waals surface area contributed by atoms with Crippen LogP contribution >= 0.6 is 24.5 Å². The Hall–Kier alpha value is 0.530. The van der Waals surface area contributed by atoms with Gasteiger partial charge in [-0.25, -0.2) is 0 Å². The monoisotopic (exact) mass is 340 g/mol. The second-order valence-corrected chi connectivity index (χ2v) is 5.84. The maximum absolute atomic E-state index is 9.41. The molecular formula is C13H26BrO3P. The Morgan fingerprint density at radius 1 is 1.00 bits per heavy atom. The van der Waals surface area contributed by atoms with Crippen LogP contribution in [0.2, 0.25) is 0 Å². The minimum Gasteiger partial charge on any atom is -0.328 e. The average Bonchev–Trinajstić information content (AvgIpc) is 2.38. The van der Waals surface area contributed by atoms with Crippen molar-refractivity contribution in [1.29, 1.82) is 0 Å². The van der Waals surface area contributed by atoms with Gasteiger partial charge in [0.2, 0.25) is 0 Å². The van der Waals surface area contributed by atoms with Crippen LogP contribution in [0.1, 0.15) is 51.9 Å². The molecule has 3 nitrogen and oxygen atoms in total. The van der Waals surface area contributed by atoms with Gasteiger partial charge < -0.3 is 13.9 Å². The van der Waals surface area contributed by atoms with Crippen LogP contribution in [0.3, 0.4) is 0 Å². The van der Waals surface area contributed by atoms with Crippen molar-refractivity contribution in [2.45, 2.75) is 51.9 Å². The minimum atomic E-state index is -1.68. The molecule has 0 fully saturated rings. The van der Waals surface area contributed by atoms with Gasteiger partial charge >= 0.3 is 8.60 Å². The van der Waals surface area contributed by atoms with Gasteiger partial charge in [0.05, 0.1) is 13.2 Å². The highest BCUT2D eigenvalue weighted by Crippen LogP contribution is 2.32. The molecule has 0 aliphatic carbocycles. The molecule has 1 N–H and O–H groups in total. The molecule has 0 aromatic rings. The summed E-state index contributed by atoms with van der Waals surface area (Å²) < 4.78 is 10.3. The van der Waals surface area contributed by atoms with Gasteiger partial charge in [-0.05, 0) is 32.1 Å². The second-order valence-electron chi connectivity index (χ2n) is 4.06. The first kappa shape index (κ1) is 18.5. The Balaban J connectivity index is 3.21. The van der Waals surface area contributed by atoms with E-state index in [2.05, 4.69) is 35.0 Å². The third kappa shape index (κ3) is 14.6. The third-order valence-electron chi connectivity index (χ3n) is 2.36. The van der Waals surface area contributed by atoms with Crippen molar-refractivity contribution in [2.24, 2.45) is 0 Å². The molecule has 0 aromatic carbocycles. The van der Waals surface area contributed by atoms with Crippen LogP contribution in [0.25, 0.3) is 0 Å². The van der Waals surface area contributed by atoms with Crippen molar-refractivity contribution < 1.29 is 13.9 Å². The van der Waals surface area contributed by atoms with Crippen LogP contribution in [-0.4, -0.2) is 23.4 Å². The van der Waals surface area contributed by atoms with E-state index in [1.165, 1.54) is 19.3 Å². The zero-order chi connectivity index (χ0) is 13.5. The zero-order valence-corrected chi connectivity index (χ0v) is 13.8. The summed E-state index contributed by atoms with van der Waals surface area (Å²) in [7, 11) is -1.68. The first-order chi connectivity index (χ1) is 8.81. The van der Waals surface area contributed by atoms with Gasteiger partial charge in [0.15, 0.2) is 0 Å². The molecule has 0 spiro atoms. The standard InChI is InChI=1S/C13H26BrO3P/c1-2-3-4-5-6-7-9-12-16-18(15)17-13-10-8-11-14/h6-7,15H,2-5,8-13H2,1H3/b7-6-. The maximum atomic E-state index is 9.41. The molecule has 0 radical (unpaired) electrons. The predicted octanol–water partition coefficient (Wildman–Crippen LogP) is 4.94. The summed E-state index contributed by atoms with van der Waals surface area (Å²) in [6.45, 7) is 3.31. The first-order valence-corrected chi connectivity index (χ1v) is 9.02. The Kier molecular flexibility index (Phi) is 16.0. The fourth-order valence-corrected chi connectivity index (χ4v) is 2.34. The molecule has 18 heavy (non-hydrogen) atoms. The molecule has 5 heteroatoms. The van der Waals surface area contributed by atoms with Crippen LogP contribution < -0.4 is 0 Å². The van der Waals surface area contributed by atoms with E-state index in [9.17, 15) is 4.89 Å². The molecule has 0 amide bonds. The Labute approximate surface area is 121 Å². The lowest BCUT2D eigenvalue weighted by Crippen LogP contribution is -1.94. The summed E-state index contributed by atoms with van der Waals surface area (Å²) in [5, 5.41) is 0.976. The molecule has 0 aromatic heterocycles. The van der Waals surface area contributed by atoms with Crippen molar-refractivity contribution in [3.63, 3.8) is 0 Å². The topological polar surface area (TPSA) is 38.7 Å². The highest BCUT2D eigenvalue weighted by Gasteiger charge is 2.04. The van der Waals surface area contributed by atoms with E-state index < -0.39 is 8.60 Å². The number of halogens is 1. The van der Waals surface area contributed by atoms with E-state index in [1.807, 2.05) is 0 Å². The molecule has 1 atom stereocenters. The number of unbranched alkanes of at least 4 members (excludes halogenated alkanes) is 4. The molecule has 0 aliphatic heterocycles. The first-order valence-electron chi connectivity index (χ1n) is 6.77. The Bertz CT molecular complexity index is 191. The highest BCUT2D eigenvalue weighted by molar-refractivity contribution is 9.09. The van der Waals surface area contributed by atoms with E-state index >= 15 is 0 Å². The molecule has 1 unspecified atom stereocenters. The van der Waals surface area contributed by atoms with E-state index in [0.717, 1.165) is 31.0 Å². The van der Waals surface area contributed by atoms with Crippen molar-refractivity contribution in [1.82, 2.24) is 0 Å². The number of hydrogen-bond acceptors (Lipinski definition) is 3. The van der Waals surface area contributed by atoms with E-state index in [-0.39, 0.29) is 0 Å². The molecule has 0 saturated heterocycles. The summed E-state index contributed by atoms with van der Waals surface area (Å²) >= 11 is 3.35. The number of rotatable bonds is 13. The molecular weight excluding hydrogens is 315 g/mol. The summed E-state index contributed by atoms with van der Waals surface area (Å²) in [5.74, 6) is 0. The number of hydrogen-bond donors (Lipinski definition) is 1. The number of alkyl halides is 1. The molecule has 0 aliphatic rings. The van der Waals surface area contributed by atoms with Crippen molar-refractivity contribution in [3.8, 4) is 0 Å². The van der Waals surface area contributed by atoms with Crippen molar-refractivity contribution in [3.05, 3.63) is 12.2 Å². The lowest BCUT2D eigenvalue weighted by atomic mass is 10.2. The van der Waals surface area contributed by atoms with Gasteiger partial charge in [-0.3, -0.25) is 0 Å². The fraction of sp³-hybridized carbons (Fsp3) is 0.846. The molecule has 0 saturated carbocycles. The SMILES string of the molecule is CCCCC/C=C\CCOP(O)OCCCCBr. The lowest BCUT2D eigenvalue weighted by molar-refractivity contribution is 0.200. The quantitative estimate of drug-likeness (QED) is 0.223. The van der Waals surface area contributed by atoms with Crippen LogP contribution in [0.5, 0.6) is 0 Å². The van der Waals surface area contributed by atoms with Gasteiger partial charge in [-0.1, -0.05) is 47.8 Å². The van der Waals surface area contributed by atoms with Crippen molar-refractivity contribution in [2.75, 3.05) is 18.5 Å². The normalized spacial score (nSPS) is 13.3. The smallest absolute Gasteiger partial charge is 0.328 e. The van der Waals surface area contributed by atoms with Gasteiger partial charge in [0.1, 0.15) is 0 Å².